The van der Waals surface area contributed by atoms with Gasteiger partial charge in [0.15, 0.2) is 6.10 Å². The number of aromatic nitrogens is 4. The highest BCUT2D eigenvalue weighted by atomic mass is 19.4. The number of nitrogens with zero attached hydrogens (tertiary/aromatic N) is 3. The molecular weight excluding hydrogens is 411 g/mol. The first-order valence-corrected chi connectivity index (χ1v) is 8.67. The molecule has 1 N–H and O–H groups in total. The maximum absolute atomic E-state index is 13.5. The van der Waals surface area contributed by atoms with E-state index in [-0.39, 0.29) is 17.3 Å². The number of fused-ring (bicyclic) bond motifs is 1. The third-order valence-electron chi connectivity index (χ3n) is 4.30. The van der Waals surface area contributed by atoms with Gasteiger partial charge in [-0.1, -0.05) is 5.16 Å². The van der Waals surface area contributed by atoms with E-state index in [0.717, 1.165) is 12.1 Å². The van der Waals surface area contributed by atoms with Gasteiger partial charge in [-0.05, 0) is 30.3 Å². The van der Waals surface area contributed by atoms with Crippen molar-refractivity contribution >= 4 is 11.0 Å². The number of alkyl halides is 5. The molecule has 6 nitrogen and oxygen atoms in total. The van der Waals surface area contributed by atoms with E-state index in [9.17, 15) is 22.0 Å². The molecule has 0 aliphatic carbocycles. The number of halogens is 5. The van der Waals surface area contributed by atoms with Crippen LogP contribution >= 0.6 is 0 Å². The molecule has 0 radical (unpaired) electrons. The zero-order chi connectivity index (χ0) is 21.3. The van der Waals surface area contributed by atoms with Gasteiger partial charge in [-0.25, -0.2) is 13.8 Å². The van der Waals surface area contributed by atoms with Crippen molar-refractivity contribution in [3.8, 4) is 28.6 Å². The molecule has 0 saturated carbocycles. The van der Waals surface area contributed by atoms with Crippen LogP contribution in [0.2, 0.25) is 0 Å². The van der Waals surface area contributed by atoms with Crippen LogP contribution in [0.5, 0.6) is 5.75 Å². The number of rotatable bonds is 6. The number of pyridine rings is 1. The highest BCUT2D eigenvalue weighted by Gasteiger charge is 2.36. The highest BCUT2D eigenvalue weighted by Crippen LogP contribution is 2.39. The van der Waals surface area contributed by atoms with Gasteiger partial charge in [-0.2, -0.15) is 18.2 Å². The lowest BCUT2D eigenvalue weighted by Gasteiger charge is -2.18. The van der Waals surface area contributed by atoms with Gasteiger partial charge in [0.05, 0.1) is 5.56 Å². The zero-order valence-electron chi connectivity index (χ0n) is 15.1. The lowest BCUT2D eigenvalue weighted by molar-refractivity contribution is -0.139. The van der Waals surface area contributed by atoms with E-state index >= 15 is 0 Å². The normalized spacial score (nSPS) is 12.1. The molecule has 4 aromatic rings. The summed E-state index contributed by atoms with van der Waals surface area (Å²) >= 11 is 0. The van der Waals surface area contributed by atoms with Crippen LogP contribution in [-0.2, 0) is 6.18 Å². The molecule has 30 heavy (non-hydrogen) atoms. The van der Waals surface area contributed by atoms with Crippen LogP contribution in [-0.4, -0.2) is 39.6 Å². The Bertz CT molecular complexity index is 1170. The molecular formula is C19H13F5N4O2. The average molecular weight is 424 g/mol. The largest absolute Gasteiger partial charge is 0.484 e. The van der Waals surface area contributed by atoms with E-state index in [1.165, 1.54) is 12.3 Å². The van der Waals surface area contributed by atoms with Crippen LogP contribution in [0.1, 0.15) is 5.56 Å². The van der Waals surface area contributed by atoms with E-state index in [1.807, 2.05) is 0 Å². The minimum Gasteiger partial charge on any atom is -0.484 e. The zero-order valence-corrected chi connectivity index (χ0v) is 15.1. The summed E-state index contributed by atoms with van der Waals surface area (Å²) in [5.74, 6) is -0.676. The number of hydrogen-bond acceptors (Lipinski definition) is 5. The molecule has 156 valence electrons. The van der Waals surface area contributed by atoms with E-state index in [2.05, 4.69) is 20.1 Å². The van der Waals surface area contributed by atoms with Gasteiger partial charge in [0.25, 0.3) is 5.89 Å². The number of aromatic amines is 1. The number of H-pyrrole nitrogens is 1. The second-order valence-corrected chi connectivity index (χ2v) is 6.28. The Kier molecular flexibility index (Phi) is 5.10. The van der Waals surface area contributed by atoms with Gasteiger partial charge in [0.1, 0.15) is 24.7 Å². The standard InChI is InChI=1S/C19H13F5N4O2/c20-8-11(9-21)29-15-2-1-10(7-14(15)19(22,23)24)18-27-17(28-30-18)13-4-6-26-16-12(13)3-5-25-16/h1-7,11H,8-9H2,(H,25,26). The van der Waals surface area contributed by atoms with Crippen LogP contribution < -0.4 is 4.74 Å². The SMILES string of the molecule is FCC(CF)Oc1ccc(-c2nc(-c3ccnc4[nH]ccc34)no2)cc1C(F)(F)F. The quantitative estimate of drug-likeness (QED) is 0.442. The fourth-order valence-corrected chi connectivity index (χ4v) is 2.88. The summed E-state index contributed by atoms with van der Waals surface area (Å²) in [7, 11) is 0. The summed E-state index contributed by atoms with van der Waals surface area (Å²) in [5, 5.41) is 4.56. The summed E-state index contributed by atoms with van der Waals surface area (Å²) in [6, 6.07) is 6.36. The predicted octanol–water partition coefficient (Wildman–Crippen LogP) is 4.99. The van der Waals surface area contributed by atoms with Crippen molar-refractivity contribution in [2.45, 2.75) is 12.3 Å². The van der Waals surface area contributed by atoms with E-state index in [4.69, 9.17) is 9.26 Å². The Balaban J connectivity index is 1.72. The second-order valence-electron chi connectivity index (χ2n) is 6.28. The number of benzene rings is 1. The molecule has 0 saturated heterocycles. The fraction of sp³-hybridized carbons (Fsp3) is 0.211. The van der Waals surface area contributed by atoms with Crippen LogP contribution in [0.25, 0.3) is 33.9 Å². The molecule has 0 bridgehead atoms. The van der Waals surface area contributed by atoms with Gasteiger partial charge < -0.3 is 14.2 Å². The molecule has 0 spiro atoms. The van der Waals surface area contributed by atoms with Crippen molar-refractivity contribution in [1.82, 2.24) is 20.1 Å². The van der Waals surface area contributed by atoms with Gasteiger partial charge in [-0.3, -0.25) is 0 Å². The monoisotopic (exact) mass is 424 g/mol. The van der Waals surface area contributed by atoms with Gasteiger partial charge in [0.2, 0.25) is 5.82 Å². The number of hydrogen-bond donors (Lipinski definition) is 1. The van der Waals surface area contributed by atoms with Gasteiger partial charge >= 0.3 is 6.18 Å². The lowest BCUT2D eigenvalue weighted by Crippen LogP contribution is -2.23. The lowest BCUT2D eigenvalue weighted by atomic mass is 10.1. The molecule has 3 heterocycles. The van der Waals surface area contributed by atoms with Crippen molar-refractivity contribution in [2.75, 3.05) is 13.3 Å². The molecule has 1 aromatic carbocycles. The van der Waals surface area contributed by atoms with E-state index < -0.39 is 36.9 Å². The first kappa shape index (κ1) is 19.8. The minimum absolute atomic E-state index is 0.0233. The Morgan fingerprint density at radius 2 is 1.90 bits per heavy atom. The minimum atomic E-state index is -4.83. The van der Waals surface area contributed by atoms with E-state index in [1.54, 1.807) is 18.3 Å². The van der Waals surface area contributed by atoms with Crippen molar-refractivity contribution in [3.63, 3.8) is 0 Å². The molecule has 4 rings (SSSR count). The maximum atomic E-state index is 13.5. The molecule has 0 aliphatic heterocycles. The Morgan fingerprint density at radius 1 is 1.10 bits per heavy atom. The fourth-order valence-electron chi connectivity index (χ4n) is 2.88. The molecule has 0 aliphatic rings. The molecule has 0 fully saturated rings. The molecule has 3 aromatic heterocycles. The number of ether oxygens (including phenoxy) is 1. The van der Waals surface area contributed by atoms with Gasteiger partial charge in [0, 0.05) is 28.9 Å². The van der Waals surface area contributed by atoms with Gasteiger partial charge in [-0.15, -0.1) is 0 Å². The molecule has 0 atom stereocenters. The third-order valence-corrected chi connectivity index (χ3v) is 4.30. The Labute approximate surface area is 165 Å². The summed E-state index contributed by atoms with van der Waals surface area (Å²) < 4.78 is 75.7. The van der Waals surface area contributed by atoms with Crippen molar-refractivity contribution < 1.29 is 31.2 Å². The van der Waals surface area contributed by atoms with Crippen LogP contribution in [0.15, 0.2) is 47.2 Å². The van der Waals surface area contributed by atoms with Crippen LogP contribution in [0.3, 0.4) is 0 Å². The third kappa shape index (κ3) is 3.70. The second kappa shape index (κ2) is 7.73. The molecule has 0 amide bonds. The highest BCUT2D eigenvalue weighted by molar-refractivity contribution is 5.90. The van der Waals surface area contributed by atoms with Crippen molar-refractivity contribution in [1.29, 1.82) is 0 Å². The summed E-state index contributed by atoms with van der Waals surface area (Å²) in [6.45, 7) is -2.52. The number of nitrogens with one attached hydrogen (secondary N) is 1. The Morgan fingerprint density at radius 3 is 2.63 bits per heavy atom. The molecule has 0 unspecified atom stereocenters. The Hall–Kier alpha value is -3.50. The van der Waals surface area contributed by atoms with Crippen LogP contribution in [0.4, 0.5) is 22.0 Å². The summed E-state index contributed by atoms with van der Waals surface area (Å²) in [5.41, 5.74) is -0.0515. The smallest absolute Gasteiger partial charge is 0.419 e. The predicted molar refractivity (Wildman–Crippen MR) is 96.2 cm³/mol. The molecule has 11 heteroatoms. The summed E-state index contributed by atoms with van der Waals surface area (Å²) in [6.07, 6.45) is -3.24. The van der Waals surface area contributed by atoms with Crippen molar-refractivity contribution in [3.05, 3.63) is 48.3 Å². The maximum Gasteiger partial charge on any atom is 0.419 e. The first-order chi connectivity index (χ1) is 14.4. The van der Waals surface area contributed by atoms with Crippen molar-refractivity contribution in [2.24, 2.45) is 0 Å². The van der Waals surface area contributed by atoms with Crippen LogP contribution in [0, 0.1) is 0 Å². The first-order valence-electron chi connectivity index (χ1n) is 8.67. The summed E-state index contributed by atoms with van der Waals surface area (Å²) in [4.78, 5) is 11.3. The average Bonchev–Trinajstić information content (AvgIpc) is 3.40. The van der Waals surface area contributed by atoms with E-state index in [0.29, 0.717) is 16.6 Å². The topological polar surface area (TPSA) is 76.8 Å².